The molecule has 1 aliphatic rings. The molecule has 0 radical (unpaired) electrons. The molecule has 148 valence electrons. The van der Waals surface area contributed by atoms with Gasteiger partial charge in [-0.1, -0.05) is 30.3 Å². The van der Waals surface area contributed by atoms with Gasteiger partial charge < -0.3 is 4.74 Å². The molecule has 1 aliphatic heterocycles. The largest absolute Gasteiger partial charge is 0.383 e. The number of sulfonamides is 1. The first-order valence-electron chi connectivity index (χ1n) is 8.79. The third-order valence-corrected chi connectivity index (χ3v) is 6.34. The first-order valence-corrected chi connectivity index (χ1v) is 11.1. The average molecular weight is 412 g/mol. The Balaban J connectivity index is 1.80. The van der Waals surface area contributed by atoms with E-state index in [-0.39, 0.29) is 0 Å². The number of hydrogen-bond acceptors (Lipinski definition) is 6. The molecule has 0 atom stereocenters. The summed E-state index contributed by atoms with van der Waals surface area (Å²) in [6.45, 7) is 4.00. The zero-order valence-corrected chi connectivity index (χ0v) is 17.2. The van der Waals surface area contributed by atoms with Gasteiger partial charge in [0.2, 0.25) is 10.0 Å². The number of methoxy groups -OCH3 is 1. The van der Waals surface area contributed by atoms with Crippen molar-refractivity contribution < 1.29 is 13.2 Å². The van der Waals surface area contributed by atoms with Gasteiger partial charge in [-0.15, -0.1) is 0 Å². The highest BCUT2D eigenvalue weighted by atomic mass is 32.2. The van der Waals surface area contributed by atoms with Crippen LogP contribution in [0.4, 0.5) is 0 Å². The molecule has 0 bridgehead atoms. The third-order valence-electron chi connectivity index (χ3n) is 4.61. The molecule has 0 saturated carbocycles. The molecule has 0 aliphatic carbocycles. The van der Waals surface area contributed by atoms with Crippen molar-refractivity contribution in [2.45, 2.75) is 13.2 Å². The van der Waals surface area contributed by atoms with E-state index in [0.717, 1.165) is 11.4 Å². The number of hydrogen-bond donors (Lipinski definition) is 0. The number of benzene rings is 1. The van der Waals surface area contributed by atoms with Gasteiger partial charge in [0.25, 0.3) is 0 Å². The van der Waals surface area contributed by atoms with Crippen molar-refractivity contribution in [2.24, 2.45) is 0 Å². The summed E-state index contributed by atoms with van der Waals surface area (Å²) < 4.78 is 34.5. The monoisotopic (exact) mass is 411 g/mol. The van der Waals surface area contributed by atoms with Crippen molar-refractivity contribution >= 4 is 22.2 Å². The van der Waals surface area contributed by atoms with Crippen LogP contribution in [0.2, 0.25) is 0 Å². The number of aromatic nitrogens is 3. The molecular formula is C17H25N5O3S2. The van der Waals surface area contributed by atoms with Crippen LogP contribution < -0.4 is 0 Å². The molecule has 2 heterocycles. The molecule has 0 spiro atoms. The molecule has 0 N–H and O–H groups in total. The lowest BCUT2D eigenvalue weighted by Crippen LogP contribution is -2.48. The van der Waals surface area contributed by atoms with Gasteiger partial charge in [0, 0.05) is 38.9 Å². The molecule has 8 nitrogen and oxygen atoms in total. The third kappa shape index (κ3) is 4.82. The molecule has 1 saturated heterocycles. The summed E-state index contributed by atoms with van der Waals surface area (Å²) in [4.78, 5) is 2.17. The zero-order chi connectivity index (χ0) is 19.4. The summed E-state index contributed by atoms with van der Waals surface area (Å²) in [5, 5.41) is 4.74. The molecule has 1 aromatic carbocycles. The zero-order valence-electron chi connectivity index (χ0n) is 15.6. The predicted octanol–water partition coefficient (Wildman–Crippen LogP) is 1.26. The topological polar surface area (TPSA) is 72.6 Å². The quantitative estimate of drug-likeness (QED) is 0.639. The van der Waals surface area contributed by atoms with Crippen LogP contribution in [-0.2, 0) is 28.0 Å². The Bertz CT molecular complexity index is 916. The van der Waals surface area contributed by atoms with Crippen LogP contribution in [0, 0.1) is 4.77 Å². The standard InChI is InChI=1S/C17H25N5O3S2/c1-25-13-12-21-16(15-6-4-3-5-7-15)18-22(17(21)26)14-19-8-10-20(11-9-19)27(2,23)24/h3-7H,8-14H2,1-2H3. The fourth-order valence-corrected chi connectivity index (χ4v) is 4.21. The Morgan fingerprint density at radius 2 is 1.81 bits per heavy atom. The molecule has 1 aromatic heterocycles. The minimum Gasteiger partial charge on any atom is -0.383 e. The van der Waals surface area contributed by atoms with Gasteiger partial charge in [-0.3, -0.25) is 9.47 Å². The predicted molar refractivity (Wildman–Crippen MR) is 106 cm³/mol. The summed E-state index contributed by atoms with van der Waals surface area (Å²) in [5.41, 5.74) is 1.00. The molecule has 0 amide bonds. The second-order valence-electron chi connectivity index (χ2n) is 6.54. The Kier molecular flexibility index (Phi) is 6.43. The van der Waals surface area contributed by atoms with Crippen LogP contribution in [0.3, 0.4) is 0 Å². The van der Waals surface area contributed by atoms with Gasteiger partial charge in [0.15, 0.2) is 10.6 Å². The molecule has 2 aromatic rings. The smallest absolute Gasteiger partial charge is 0.211 e. The summed E-state index contributed by atoms with van der Waals surface area (Å²) >= 11 is 5.65. The second kappa shape index (κ2) is 8.61. The van der Waals surface area contributed by atoms with Crippen LogP contribution in [0.5, 0.6) is 0 Å². The van der Waals surface area contributed by atoms with Gasteiger partial charge >= 0.3 is 0 Å². The van der Waals surface area contributed by atoms with Gasteiger partial charge in [-0.2, -0.15) is 9.40 Å². The highest BCUT2D eigenvalue weighted by Gasteiger charge is 2.24. The highest BCUT2D eigenvalue weighted by Crippen LogP contribution is 2.18. The van der Waals surface area contributed by atoms with Crippen LogP contribution in [0.15, 0.2) is 30.3 Å². The van der Waals surface area contributed by atoms with Crippen LogP contribution in [0.1, 0.15) is 0 Å². The van der Waals surface area contributed by atoms with Gasteiger partial charge in [-0.25, -0.2) is 13.1 Å². The van der Waals surface area contributed by atoms with Gasteiger partial charge in [0.1, 0.15) is 0 Å². The SMILES string of the molecule is COCCn1c(-c2ccccc2)nn(CN2CCN(S(C)(=O)=O)CC2)c1=S. The Morgan fingerprint density at radius 1 is 1.15 bits per heavy atom. The van der Waals surface area contributed by atoms with E-state index in [2.05, 4.69) is 4.90 Å². The molecule has 3 rings (SSSR count). The Labute approximate surface area is 165 Å². The van der Waals surface area contributed by atoms with E-state index in [1.54, 1.807) is 7.11 Å². The van der Waals surface area contributed by atoms with Gasteiger partial charge in [-0.05, 0) is 12.2 Å². The van der Waals surface area contributed by atoms with E-state index in [9.17, 15) is 8.42 Å². The number of nitrogens with zero attached hydrogens (tertiary/aromatic N) is 5. The molecule has 1 fully saturated rings. The van der Waals surface area contributed by atoms with Crippen LogP contribution in [-0.4, -0.2) is 78.1 Å². The molecule has 10 heteroatoms. The lowest BCUT2D eigenvalue weighted by molar-refractivity contribution is 0.144. The summed E-state index contributed by atoms with van der Waals surface area (Å²) in [6.07, 6.45) is 1.25. The summed E-state index contributed by atoms with van der Waals surface area (Å²) in [5.74, 6) is 0.812. The maximum Gasteiger partial charge on any atom is 0.211 e. The normalized spacial score (nSPS) is 16.7. The summed E-state index contributed by atoms with van der Waals surface area (Å²) in [7, 11) is -1.47. The van der Waals surface area contributed by atoms with Crippen molar-refractivity contribution in [3.8, 4) is 11.4 Å². The lowest BCUT2D eigenvalue weighted by Gasteiger charge is -2.32. The van der Waals surface area contributed by atoms with E-state index < -0.39 is 10.0 Å². The minimum absolute atomic E-state index is 0.488. The van der Waals surface area contributed by atoms with Gasteiger partial charge in [0.05, 0.1) is 26.1 Å². The Morgan fingerprint density at radius 3 is 2.41 bits per heavy atom. The maximum atomic E-state index is 11.7. The molecule has 27 heavy (non-hydrogen) atoms. The van der Waals surface area contributed by atoms with Crippen molar-refractivity contribution in [2.75, 3.05) is 46.2 Å². The van der Waals surface area contributed by atoms with E-state index in [0.29, 0.717) is 50.8 Å². The van der Waals surface area contributed by atoms with E-state index in [1.165, 1.54) is 10.6 Å². The Hall–Kier alpha value is -1.59. The molecule has 0 unspecified atom stereocenters. The fourth-order valence-electron chi connectivity index (χ4n) is 3.11. The van der Waals surface area contributed by atoms with Crippen molar-refractivity contribution in [3.05, 3.63) is 35.1 Å². The van der Waals surface area contributed by atoms with Crippen molar-refractivity contribution in [3.63, 3.8) is 0 Å². The van der Waals surface area contributed by atoms with Crippen LogP contribution >= 0.6 is 12.2 Å². The number of piperazine rings is 1. The van der Waals surface area contributed by atoms with Crippen molar-refractivity contribution in [1.82, 2.24) is 23.6 Å². The molecular weight excluding hydrogens is 386 g/mol. The first kappa shape index (κ1) is 20.2. The van der Waals surface area contributed by atoms with E-state index in [4.69, 9.17) is 22.1 Å². The summed E-state index contributed by atoms with van der Waals surface area (Å²) in [6, 6.07) is 9.94. The average Bonchev–Trinajstić information content (AvgIpc) is 2.96. The maximum absolute atomic E-state index is 11.7. The number of rotatable bonds is 7. The first-order chi connectivity index (χ1) is 12.9. The van der Waals surface area contributed by atoms with E-state index >= 15 is 0 Å². The van der Waals surface area contributed by atoms with Crippen molar-refractivity contribution in [1.29, 1.82) is 0 Å². The van der Waals surface area contributed by atoms with Crippen LogP contribution in [0.25, 0.3) is 11.4 Å². The number of ether oxygens (including phenoxy) is 1. The van der Waals surface area contributed by atoms with E-state index in [1.807, 2.05) is 39.6 Å². The lowest BCUT2D eigenvalue weighted by atomic mass is 10.2. The fraction of sp³-hybridized carbons (Fsp3) is 0.529. The highest BCUT2D eigenvalue weighted by molar-refractivity contribution is 7.88. The second-order valence-corrected chi connectivity index (χ2v) is 8.89. The minimum atomic E-state index is -3.13.